The third-order valence-corrected chi connectivity index (χ3v) is 2.91. The first-order valence-corrected chi connectivity index (χ1v) is 8.60. The van der Waals surface area contributed by atoms with E-state index in [2.05, 4.69) is 9.47 Å². The fourth-order valence-electron chi connectivity index (χ4n) is 1.29. The minimum absolute atomic E-state index is 0. The third-order valence-electron chi connectivity index (χ3n) is 2.22. The SMILES string of the molecule is CCOC(=O)CC(O)(CC(=O)OCC)C(=O)O.O=C(O)CP(=O)(O)O.[Co]. The summed E-state index contributed by atoms with van der Waals surface area (Å²) in [5.41, 5.74) is -2.49. The van der Waals surface area contributed by atoms with Gasteiger partial charge < -0.3 is 34.6 Å². The first-order chi connectivity index (χ1) is 11.3. The number of carbonyl (C=O) groups is 4. The minimum Gasteiger partial charge on any atom is -0.481 e. The van der Waals surface area contributed by atoms with Gasteiger partial charge in [-0.05, 0) is 13.8 Å². The molecule has 0 fully saturated rings. The van der Waals surface area contributed by atoms with Crippen LogP contribution in [0.1, 0.15) is 26.7 Å². The van der Waals surface area contributed by atoms with Crippen LogP contribution in [0.2, 0.25) is 0 Å². The monoisotopic (exact) mass is 447 g/mol. The normalized spacial score (nSPS) is 10.5. The maximum Gasteiger partial charge on any atom is 0.336 e. The van der Waals surface area contributed by atoms with Crippen LogP contribution in [0.4, 0.5) is 0 Å². The van der Waals surface area contributed by atoms with Crippen molar-refractivity contribution in [1.82, 2.24) is 0 Å². The molecular formula is C12H21CoO12P. The molecule has 26 heavy (non-hydrogen) atoms. The van der Waals surface area contributed by atoms with Gasteiger partial charge in [-0.15, -0.1) is 0 Å². The van der Waals surface area contributed by atoms with Crippen LogP contribution in [0.5, 0.6) is 0 Å². The van der Waals surface area contributed by atoms with E-state index < -0.39 is 56.1 Å². The molecule has 5 N–H and O–H groups in total. The summed E-state index contributed by atoms with van der Waals surface area (Å²) in [4.78, 5) is 58.4. The Morgan fingerprint density at radius 1 is 0.923 bits per heavy atom. The molecule has 0 atom stereocenters. The van der Waals surface area contributed by atoms with Crippen molar-refractivity contribution >= 4 is 31.5 Å². The summed E-state index contributed by atoms with van der Waals surface area (Å²) in [6.45, 7) is 3.22. The van der Waals surface area contributed by atoms with Gasteiger partial charge in [0.25, 0.3) is 0 Å². The van der Waals surface area contributed by atoms with Crippen LogP contribution in [0.3, 0.4) is 0 Å². The predicted molar refractivity (Wildman–Crippen MR) is 79.6 cm³/mol. The van der Waals surface area contributed by atoms with Crippen molar-refractivity contribution in [3.63, 3.8) is 0 Å². The van der Waals surface area contributed by atoms with E-state index in [1.807, 2.05) is 0 Å². The Hall–Kier alpha value is -1.50. The first kappa shape index (κ1) is 29.3. The Labute approximate surface area is 158 Å². The van der Waals surface area contributed by atoms with Crippen molar-refractivity contribution in [3.8, 4) is 0 Å². The van der Waals surface area contributed by atoms with Crippen molar-refractivity contribution in [2.24, 2.45) is 0 Å². The second-order valence-electron chi connectivity index (χ2n) is 4.52. The molecule has 155 valence electrons. The Morgan fingerprint density at radius 3 is 1.42 bits per heavy atom. The Balaban J connectivity index is -0.000000498. The van der Waals surface area contributed by atoms with Gasteiger partial charge in [-0.25, -0.2) is 4.79 Å². The van der Waals surface area contributed by atoms with E-state index >= 15 is 0 Å². The van der Waals surface area contributed by atoms with Crippen molar-refractivity contribution in [2.45, 2.75) is 32.3 Å². The second kappa shape index (κ2) is 13.7. The standard InChI is InChI=1S/C10H16O7.C2H5O5P.Co/c1-3-16-7(11)5-10(15,9(13)14)6-8(12)17-4-2;3-2(4)1-8(5,6)7;/h15H,3-6H2,1-2H3,(H,13,14);1H2,(H,3,4)(H2,5,6,7);. The van der Waals surface area contributed by atoms with Crippen molar-refractivity contribution in [3.05, 3.63) is 0 Å². The van der Waals surface area contributed by atoms with Gasteiger partial charge in [0.1, 0.15) is 6.16 Å². The van der Waals surface area contributed by atoms with Crippen molar-refractivity contribution in [2.75, 3.05) is 19.4 Å². The van der Waals surface area contributed by atoms with E-state index in [1.165, 1.54) is 0 Å². The van der Waals surface area contributed by atoms with Gasteiger partial charge in [-0.3, -0.25) is 18.9 Å². The number of hydrogen-bond donors (Lipinski definition) is 5. The zero-order chi connectivity index (χ0) is 20.3. The van der Waals surface area contributed by atoms with Crippen LogP contribution in [0.15, 0.2) is 0 Å². The minimum atomic E-state index is -4.32. The molecule has 0 spiro atoms. The fourth-order valence-corrected chi connectivity index (χ4v) is 1.64. The summed E-state index contributed by atoms with van der Waals surface area (Å²) in [5.74, 6) is -4.93. The van der Waals surface area contributed by atoms with Crippen molar-refractivity contribution in [1.29, 1.82) is 0 Å². The molecule has 1 radical (unpaired) electrons. The number of aliphatic carboxylic acids is 2. The Bertz CT molecular complexity index is 508. The van der Waals surface area contributed by atoms with E-state index in [9.17, 15) is 28.8 Å². The fraction of sp³-hybridized carbons (Fsp3) is 0.667. The first-order valence-electron chi connectivity index (χ1n) is 6.80. The Morgan fingerprint density at radius 2 is 1.27 bits per heavy atom. The molecule has 0 aliphatic heterocycles. The van der Waals surface area contributed by atoms with Crippen LogP contribution in [-0.2, 0) is 50.0 Å². The molecule has 0 amide bonds. The van der Waals surface area contributed by atoms with E-state index in [4.69, 9.17) is 20.0 Å². The molecule has 0 aliphatic carbocycles. The smallest absolute Gasteiger partial charge is 0.336 e. The van der Waals surface area contributed by atoms with Gasteiger partial charge in [0.15, 0.2) is 5.60 Å². The number of ether oxygens (including phenoxy) is 2. The predicted octanol–water partition coefficient (Wildman–Crippen LogP) is -1.05. The summed E-state index contributed by atoms with van der Waals surface area (Å²) in [6.07, 6.45) is -2.68. The second-order valence-corrected chi connectivity index (χ2v) is 6.16. The summed E-state index contributed by atoms with van der Waals surface area (Å²) < 4.78 is 18.8. The summed E-state index contributed by atoms with van der Waals surface area (Å²) >= 11 is 0. The average molecular weight is 447 g/mol. The van der Waals surface area contributed by atoms with Gasteiger partial charge in [-0.1, -0.05) is 0 Å². The molecule has 14 heteroatoms. The molecule has 0 aliphatic rings. The number of carboxylic acid groups (broad SMARTS) is 2. The maximum absolute atomic E-state index is 11.1. The Kier molecular flexibility index (Phi) is 15.4. The number of rotatable bonds is 9. The molecule has 0 bridgehead atoms. The van der Waals surface area contributed by atoms with Crippen molar-refractivity contribution < 1.29 is 75.1 Å². The molecule has 0 aromatic rings. The van der Waals surface area contributed by atoms with Crippen LogP contribution < -0.4 is 0 Å². The maximum atomic E-state index is 11.1. The number of hydrogen-bond acceptors (Lipinski definition) is 8. The summed E-state index contributed by atoms with van der Waals surface area (Å²) in [6, 6.07) is 0. The molecule has 0 saturated carbocycles. The molecule has 0 rings (SSSR count). The van der Waals surface area contributed by atoms with Gasteiger partial charge in [0.2, 0.25) is 0 Å². The van der Waals surface area contributed by atoms with Gasteiger partial charge in [-0.2, -0.15) is 0 Å². The molecule has 12 nitrogen and oxygen atoms in total. The largest absolute Gasteiger partial charge is 0.481 e. The molecule has 0 aromatic heterocycles. The molecule has 0 saturated heterocycles. The van der Waals surface area contributed by atoms with Gasteiger partial charge in [0, 0.05) is 16.8 Å². The third kappa shape index (κ3) is 16.0. The number of aliphatic hydroxyl groups is 1. The average Bonchev–Trinajstić information content (AvgIpc) is 2.35. The van der Waals surface area contributed by atoms with E-state index in [0.29, 0.717) is 0 Å². The molecular weight excluding hydrogens is 426 g/mol. The van der Waals surface area contributed by atoms with Crippen LogP contribution >= 0.6 is 7.60 Å². The zero-order valence-electron chi connectivity index (χ0n) is 13.9. The quantitative estimate of drug-likeness (QED) is 0.212. The van der Waals surface area contributed by atoms with Gasteiger partial charge >= 0.3 is 31.5 Å². The number of carbonyl (C=O) groups excluding carboxylic acids is 2. The number of carboxylic acids is 2. The van der Waals surface area contributed by atoms with E-state index in [1.54, 1.807) is 13.8 Å². The van der Waals surface area contributed by atoms with Crippen LogP contribution in [0.25, 0.3) is 0 Å². The molecule has 0 heterocycles. The van der Waals surface area contributed by atoms with E-state index in [-0.39, 0.29) is 30.0 Å². The topological polar surface area (TPSA) is 205 Å². The van der Waals surface area contributed by atoms with Crippen LogP contribution in [0, 0.1) is 0 Å². The molecule has 0 unspecified atom stereocenters. The van der Waals surface area contributed by atoms with Crippen LogP contribution in [-0.4, -0.2) is 74.0 Å². The summed E-state index contributed by atoms with van der Waals surface area (Å²) in [7, 11) is -4.32. The summed E-state index contributed by atoms with van der Waals surface area (Å²) in [5, 5.41) is 26.2. The number of esters is 2. The van der Waals surface area contributed by atoms with E-state index in [0.717, 1.165) is 0 Å². The molecule has 0 aromatic carbocycles. The zero-order valence-corrected chi connectivity index (χ0v) is 15.8. The van der Waals surface area contributed by atoms with Gasteiger partial charge in [0.05, 0.1) is 26.1 Å².